The van der Waals surface area contributed by atoms with Crippen LogP contribution >= 0.6 is 0 Å². The summed E-state index contributed by atoms with van der Waals surface area (Å²) < 4.78 is 10.4. The molecule has 0 heterocycles. The molecular weight excluding hydrogens is 286 g/mol. The molecule has 0 atom stereocenters. The number of carbonyl (C=O) groups is 1. The number of nitro groups is 1. The number of hydrogen-bond acceptors (Lipinski definition) is 5. The van der Waals surface area contributed by atoms with Crippen molar-refractivity contribution in [3.63, 3.8) is 0 Å². The van der Waals surface area contributed by atoms with E-state index < -0.39 is 10.9 Å². The molecule has 0 aromatic heterocycles. The molecule has 0 unspecified atom stereocenters. The second kappa shape index (κ2) is 7.21. The quantitative estimate of drug-likeness (QED) is 0.465. The van der Waals surface area contributed by atoms with E-state index in [9.17, 15) is 14.9 Å². The lowest BCUT2D eigenvalue weighted by atomic mass is 10.2. The fourth-order valence-corrected chi connectivity index (χ4v) is 1.77. The van der Waals surface area contributed by atoms with Crippen LogP contribution < -0.4 is 4.74 Å². The van der Waals surface area contributed by atoms with Gasteiger partial charge < -0.3 is 9.47 Å². The zero-order chi connectivity index (χ0) is 15.9. The number of non-ortho nitro benzene ring substituents is 1. The van der Waals surface area contributed by atoms with Crippen molar-refractivity contribution in [1.29, 1.82) is 0 Å². The summed E-state index contributed by atoms with van der Waals surface area (Å²) in [6.07, 6.45) is 0. The fraction of sp³-hybridized carbons (Fsp3) is 0.188. The summed E-state index contributed by atoms with van der Waals surface area (Å²) in [6, 6.07) is 13.2. The molecule has 2 aromatic rings. The molecule has 0 aliphatic carbocycles. The van der Waals surface area contributed by atoms with Crippen LogP contribution in [0.2, 0.25) is 0 Å². The molecule has 2 rings (SSSR count). The number of hydrogen-bond donors (Lipinski definition) is 0. The Morgan fingerprint density at radius 3 is 2.45 bits per heavy atom. The van der Waals surface area contributed by atoms with Gasteiger partial charge in [-0.3, -0.25) is 10.1 Å². The number of rotatable bonds is 6. The molecule has 114 valence electrons. The van der Waals surface area contributed by atoms with Crippen LogP contribution in [0.5, 0.6) is 5.75 Å². The Hall–Kier alpha value is -2.89. The summed E-state index contributed by atoms with van der Waals surface area (Å²) in [4.78, 5) is 21.7. The largest absolute Gasteiger partial charge is 0.482 e. The lowest BCUT2D eigenvalue weighted by molar-refractivity contribution is -0.384. The summed E-state index contributed by atoms with van der Waals surface area (Å²) in [5.41, 5.74) is 1.61. The van der Waals surface area contributed by atoms with Crippen LogP contribution in [0.15, 0.2) is 48.5 Å². The van der Waals surface area contributed by atoms with Gasteiger partial charge in [-0.2, -0.15) is 0 Å². The average molecular weight is 301 g/mol. The summed E-state index contributed by atoms with van der Waals surface area (Å²) >= 11 is 0. The molecule has 0 N–H and O–H groups in total. The molecule has 6 nitrogen and oxygen atoms in total. The van der Waals surface area contributed by atoms with Crippen LogP contribution in [0.1, 0.15) is 11.1 Å². The molecule has 0 aliphatic heterocycles. The summed E-state index contributed by atoms with van der Waals surface area (Å²) in [7, 11) is 0. The predicted octanol–water partition coefficient (Wildman–Crippen LogP) is 3.03. The minimum atomic E-state index is -0.499. The van der Waals surface area contributed by atoms with Gasteiger partial charge in [0.05, 0.1) is 4.92 Å². The minimum Gasteiger partial charge on any atom is -0.482 e. The van der Waals surface area contributed by atoms with E-state index in [-0.39, 0.29) is 18.9 Å². The van der Waals surface area contributed by atoms with Gasteiger partial charge in [-0.1, -0.05) is 18.2 Å². The highest BCUT2D eigenvalue weighted by molar-refractivity contribution is 5.71. The zero-order valence-corrected chi connectivity index (χ0v) is 12.0. The molecule has 0 radical (unpaired) electrons. The third kappa shape index (κ3) is 4.31. The van der Waals surface area contributed by atoms with Gasteiger partial charge in [0, 0.05) is 12.1 Å². The van der Waals surface area contributed by atoms with Crippen molar-refractivity contribution in [3.05, 3.63) is 69.8 Å². The first-order chi connectivity index (χ1) is 10.6. The fourth-order valence-electron chi connectivity index (χ4n) is 1.77. The molecule has 2 aromatic carbocycles. The molecule has 22 heavy (non-hydrogen) atoms. The topological polar surface area (TPSA) is 78.7 Å². The Morgan fingerprint density at radius 1 is 1.14 bits per heavy atom. The van der Waals surface area contributed by atoms with E-state index in [1.807, 2.05) is 25.1 Å². The maximum absolute atomic E-state index is 11.6. The Morgan fingerprint density at radius 2 is 1.82 bits per heavy atom. The van der Waals surface area contributed by atoms with Gasteiger partial charge in [0.25, 0.3) is 5.69 Å². The number of benzene rings is 2. The molecule has 0 saturated heterocycles. The smallest absolute Gasteiger partial charge is 0.344 e. The van der Waals surface area contributed by atoms with E-state index in [2.05, 4.69) is 0 Å². The maximum Gasteiger partial charge on any atom is 0.344 e. The van der Waals surface area contributed by atoms with Crippen molar-refractivity contribution in [1.82, 2.24) is 0 Å². The highest BCUT2D eigenvalue weighted by Gasteiger charge is 2.08. The lowest BCUT2D eigenvalue weighted by Crippen LogP contribution is -2.15. The third-order valence-corrected chi connectivity index (χ3v) is 2.99. The SMILES string of the molecule is Cc1ccccc1OCC(=O)OCc1ccc([N+](=O)[O-])cc1. The van der Waals surface area contributed by atoms with Gasteiger partial charge >= 0.3 is 5.97 Å². The van der Waals surface area contributed by atoms with E-state index in [0.717, 1.165) is 5.56 Å². The Bertz CT molecular complexity index is 666. The molecule has 0 bridgehead atoms. The maximum atomic E-state index is 11.6. The monoisotopic (exact) mass is 301 g/mol. The van der Waals surface area contributed by atoms with Crippen LogP contribution in [-0.4, -0.2) is 17.5 Å². The first kappa shape index (κ1) is 15.5. The third-order valence-electron chi connectivity index (χ3n) is 2.99. The minimum absolute atomic E-state index is 0.00189. The molecule has 6 heteroatoms. The second-order valence-electron chi connectivity index (χ2n) is 4.64. The highest BCUT2D eigenvalue weighted by atomic mass is 16.6. The molecule has 0 amide bonds. The second-order valence-corrected chi connectivity index (χ2v) is 4.64. The number of nitro benzene ring substituents is 1. The number of nitrogens with zero attached hydrogens (tertiary/aromatic N) is 1. The molecule has 0 spiro atoms. The van der Waals surface area contributed by atoms with Crippen LogP contribution in [0.3, 0.4) is 0 Å². The molecule has 0 aliphatic rings. The summed E-state index contributed by atoms with van der Waals surface area (Å²) in [5, 5.41) is 10.5. The van der Waals surface area contributed by atoms with Gasteiger partial charge in [0.15, 0.2) is 6.61 Å². The molecule has 0 saturated carbocycles. The summed E-state index contributed by atoms with van der Waals surface area (Å²) in [5.74, 6) is 0.136. The van der Waals surface area contributed by atoms with Gasteiger partial charge in [-0.05, 0) is 36.2 Å². The van der Waals surface area contributed by atoms with E-state index >= 15 is 0 Å². The van der Waals surface area contributed by atoms with E-state index in [1.54, 1.807) is 18.2 Å². The Labute approximate surface area is 127 Å². The number of aryl methyl sites for hydroxylation is 1. The Balaban J connectivity index is 1.80. The van der Waals surface area contributed by atoms with Crippen LogP contribution in [-0.2, 0) is 16.1 Å². The summed E-state index contributed by atoms with van der Waals surface area (Å²) in [6.45, 7) is 1.75. The van der Waals surface area contributed by atoms with Crippen molar-refractivity contribution in [2.24, 2.45) is 0 Å². The van der Waals surface area contributed by atoms with Crippen molar-refractivity contribution in [2.45, 2.75) is 13.5 Å². The van der Waals surface area contributed by atoms with Gasteiger partial charge in [0.1, 0.15) is 12.4 Å². The van der Waals surface area contributed by atoms with Crippen molar-refractivity contribution < 1.29 is 19.2 Å². The van der Waals surface area contributed by atoms with Crippen molar-refractivity contribution >= 4 is 11.7 Å². The van der Waals surface area contributed by atoms with Crippen LogP contribution in [0.4, 0.5) is 5.69 Å². The lowest BCUT2D eigenvalue weighted by Gasteiger charge is -2.09. The highest BCUT2D eigenvalue weighted by Crippen LogP contribution is 2.16. The number of para-hydroxylation sites is 1. The Kier molecular flexibility index (Phi) is 5.08. The number of esters is 1. The molecular formula is C16H15NO5. The number of ether oxygens (including phenoxy) is 2. The first-order valence-corrected chi connectivity index (χ1v) is 6.63. The first-order valence-electron chi connectivity index (χ1n) is 6.63. The zero-order valence-electron chi connectivity index (χ0n) is 12.0. The molecule has 0 fully saturated rings. The van der Waals surface area contributed by atoms with E-state index in [4.69, 9.17) is 9.47 Å². The number of carbonyl (C=O) groups excluding carboxylic acids is 1. The standard InChI is InChI=1S/C16H15NO5/c1-12-4-2-3-5-15(12)21-11-16(18)22-10-13-6-8-14(9-7-13)17(19)20/h2-9H,10-11H2,1H3. The van der Waals surface area contributed by atoms with Gasteiger partial charge in [-0.15, -0.1) is 0 Å². The predicted molar refractivity (Wildman–Crippen MR) is 79.6 cm³/mol. The van der Waals surface area contributed by atoms with Crippen molar-refractivity contribution in [2.75, 3.05) is 6.61 Å². The average Bonchev–Trinajstić information content (AvgIpc) is 2.52. The normalized spacial score (nSPS) is 10.0. The van der Waals surface area contributed by atoms with Gasteiger partial charge in [0.2, 0.25) is 0 Å². The van der Waals surface area contributed by atoms with Crippen LogP contribution in [0, 0.1) is 17.0 Å². The van der Waals surface area contributed by atoms with E-state index in [1.165, 1.54) is 12.1 Å². The van der Waals surface area contributed by atoms with Crippen molar-refractivity contribution in [3.8, 4) is 5.75 Å². The van der Waals surface area contributed by atoms with Crippen LogP contribution in [0.25, 0.3) is 0 Å². The van der Waals surface area contributed by atoms with Gasteiger partial charge in [-0.25, -0.2) is 4.79 Å². The van der Waals surface area contributed by atoms with E-state index in [0.29, 0.717) is 11.3 Å².